The molecular weight excluding hydrogens is 148 g/mol. The van der Waals surface area contributed by atoms with Gasteiger partial charge in [0.25, 0.3) is 0 Å². The van der Waals surface area contributed by atoms with Crippen molar-refractivity contribution in [3.63, 3.8) is 0 Å². The summed E-state index contributed by atoms with van der Waals surface area (Å²) in [6, 6.07) is 8.44. The molecule has 1 fully saturated rings. The first-order chi connectivity index (χ1) is 5.90. The predicted molar refractivity (Wildman–Crippen MR) is 49.6 cm³/mol. The number of hydrogen-bond acceptors (Lipinski definition) is 1. The Bertz CT molecular complexity index is 263. The highest BCUT2D eigenvalue weighted by atomic mass is 16.5. The highest BCUT2D eigenvalue weighted by Gasteiger charge is 2.19. The zero-order valence-corrected chi connectivity index (χ0v) is 7.42. The summed E-state index contributed by atoms with van der Waals surface area (Å²) in [6.45, 7) is 0. The molecule has 0 spiro atoms. The third kappa shape index (κ3) is 1.31. The molecule has 1 heteroatoms. The summed E-state index contributed by atoms with van der Waals surface area (Å²) in [4.78, 5) is 0. The van der Waals surface area contributed by atoms with E-state index in [2.05, 4.69) is 18.2 Å². The van der Waals surface area contributed by atoms with E-state index in [1.165, 1.54) is 24.8 Å². The molecule has 0 N–H and O–H groups in total. The Morgan fingerprint density at radius 3 is 2.75 bits per heavy atom. The van der Waals surface area contributed by atoms with E-state index in [9.17, 15) is 0 Å². The molecule has 1 nitrogen and oxygen atoms in total. The lowest BCUT2D eigenvalue weighted by molar-refractivity contribution is 0.402. The van der Waals surface area contributed by atoms with Gasteiger partial charge in [0.15, 0.2) is 0 Å². The second kappa shape index (κ2) is 3.18. The summed E-state index contributed by atoms with van der Waals surface area (Å²) >= 11 is 0. The van der Waals surface area contributed by atoms with Crippen LogP contribution in [0.15, 0.2) is 24.3 Å². The Labute approximate surface area is 73.4 Å². The van der Waals surface area contributed by atoms with Gasteiger partial charge < -0.3 is 4.74 Å². The van der Waals surface area contributed by atoms with Crippen LogP contribution in [0.3, 0.4) is 0 Å². The first-order valence-electron chi connectivity index (χ1n) is 4.54. The van der Waals surface area contributed by atoms with Crippen LogP contribution in [0.25, 0.3) is 0 Å². The molecule has 0 unspecified atom stereocenters. The minimum Gasteiger partial charge on any atom is -0.497 e. The molecule has 0 bridgehead atoms. The average Bonchev–Trinajstić information content (AvgIpc) is 2.02. The maximum Gasteiger partial charge on any atom is 0.119 e. The quantitative estimate of drug-likeness (QED) is 0.649. The topological polar surface area (TPSA) is 9.23 Å². The van der Waals surface area contributed by atoms with E-state index in [0.29, 0.717) is 0 Å². The van der Waals surface area contributed by atoms with Gasteiger partial charge >= 0.3 is 0 Å². The van der Waals surface area contributed by atoms with Crippen molar-refractivity contribution in [2.24, 2.45) is 0 Å². The molecule has 1 aliphatic carbocycles. The van der Waals surface area contributed by atoms with Crippen LogP contribution in [0.1, 0.15) is 30.7 Å². The standard InChI is InChI=1S/C11H14O/c1-12-11-7-3-6-10(8-11)9-4-2-5-9/h3,6-9H,2,4-5H2,1H3. The molecule has 1 saturated carbocycles. The summed E-state index contributed by atoms with van der Waals surface area (Å²) in [5, 5.41) is 0. The summed E-state index contributed by atoms with van der Waals surface area (Å²) in [6.07, 6.45) is 4.10. The molecular formula is C11H14O. The maximum atomic E-state index is 5.17. The van der Waals surface area contributed by atoms with Gasteiger partial charge in [0.1, 0.15) is 5.75 Å². The lowest BCUT2D eigenvalue weighted by Crippen LogP contribution is -2.08. The number of hydrogen-bond donors (Lipinski definition) is 0. The lowest BCUT2D eigenvalue weighted by Gasteiger charge is -2.25. The van der Waals surface area contributed by atoms with E-state index in [1.54, 1.807) is 7.11 Å². The fourth-order valence-corrected chi connectivity index (χ4v) is 1.64. The molecule has 12 heavy (non-hydrogen) atoms. The van der Waals surface area contributed by atoms with Gasteiger partial charge in [-0.1, -0.05) is 18.6 Å². The molecule has 0 aromatic heterocycles. The van der Waals surface area contributed by atoms with E-state index in [4.69, 9.17) is 4.74 Å². The Morgan fingerprint density at radius 2 is 2.17 bits per heavy atom. The fourth-order valence-electron chi connectivity index (χ4n) is 1.64. The van der Waals surface area contributed by atoms with Crippen LogP contribution >= 0.6 is 0 Å². The van der Waals surface area contributed by atoms with Crippen LogP contribution in [0.4, 0.5) is 0 Å². The molecule has 0 atom stereocenters. The van der Waals surface area contributed by atoms with Crippen molar-refractivity contribution in [1.29, 1.82) is 0 Å². The molecule has 1 aromatic carbocycles. The second-order valence-corrected chi connectivity index (χ2v) is 3.40. The van der Waals surface area contributed by atoms with Gasteiger partial charge in [-0.2, -0.15) is 0 Å². The number of rotatable bonds is 2. The largest absolute Gasteiger partial charge is 0.497 e. The molecule has 64 valence electrons. The Morgan fingerprint density at radius 1 is 1.33 bits per heavy atom. The minimum atomic E-state index is 0.806. The molecule has 0 heterocycles. The molecule has 0 amide bonds. The molecule has 2 rings (SSSR count). The van der Waals surface area contributed by atoms with Crippen LogP contribution in [0, 0.1) is 0 Å². The summed E-state index contributed by atoms with van der Waals surface area (Å²) in [7, 11) is 1.72. The summed E-state index contributed by atoms with van der Waals surface area (Å²) < 4.78 is 5.17. The van der Waals surface area contributed by atoms with E-state index in [-0.39, 0.29) is 0 Å². The minimum absolute atomic E-state index is 0.806. The van der Waals surface area contributed by atoms with Crippen molar-refractivity contribution in [2.75, 3.05) is 7.11 Å². The first-order valence-corrected chi connectivity index (χ1v) is 4.54. The monoisotopic (exact) mass is 162 g/mol. The van der Waals surface area contributed by atoms with Crippen molar-refractivity contribution < 1.29 is 4.74 Å². The normalized spacial score (nSPS) is 17.1. The van der Waals surface area contributed by atoms with Crippen molar-refractivity contribution in [3.05, 3.63) is 29.8 Å². The molecule has 0 aliphatic heterocycles. The van der Waals surface area contributed by atoms with Gasteiger partial charge in [0.05, 0.1) is 7.11 Å². The molecule has 1 aromatic rings. The first kappa shape index (κ1) is 7.66. The number of ether oxygens (including phenoxy) is 1. The maximum absolute atomic E-state index is 5.17. The average molecular weight is 162 g/mol. The Hall–Kier alpha value is -0.980. The lowest BCUT2D eigenvalue weighted by atomic mass is 9.80. The van der Waals surface area contributed by atoms with E-state index in [0.717, 1.165) is 11.7 Å². The van der Waals surface area contributed by atoms with Crippen LogP contribution in [0.5, 0.6) is 5.75 Å². The predicted octanol–water partition coefficient (Wildman–Crippen LogP) is 2.96. The Balaban J connectivity index is 2.19. The van der Waals surface area contributed by atoms with Gasteiger partial charge in [-0.3, -0.25) is 0 Å². The number of benzene rings is 1. The fraction of sp³-hybridized carbons (Fsp3) is 0.455. The van der Waals surface area contributed by atoms with Gasteiger partial charge in [0.2, 0.25) is 0 Å². The van der Waals surface area contributed by atoms with Crippen LogP contribution < -0.4 is 4.74 Å². The van der Waals surface area contributed by atoms with E-state index >= 15 is 0 Å². The number of methoxy groups -OCH3 is 1. The highest BCUT2D eigenvalue weighted by molar-refractivity contribution is 5.31. The van der Waals surface area contributed by atoms with Crippen molar-refractivity contribution >= 4 is 0 Å². The molecule has 0 saturated heterocycles. The van der Waals surface area contributed by atoms with Crippen molar-refractivity contribution in [3.8, 4) is 5.75 Å². The van der Waals surface area contributed by atoms with Crippen LogP contribution in [0.2, 0.25) is 0 Å². The van der Waals surface area contributed by atoms with Gasteiger partial charge in [-0.15, -0.1) is 0 Å². The van der Waals surface area contributed by atoms with E-state index in [1.807, 2.05) is 6.07 Å². The SMILES string of the molecule is COc1cccc(C2CCC2)c1. The van der Waals surface area contributed by atoms with Gasteiger partial charge in [0, 0.05) is 0 Å². The summed E-state index contributed by atoms with van der Waals surface area (Å²) in [5.74, 6) is 1.79. The van der Waals surface area contributed by atoms with Crippen LogP contribution in [-0.2, 0) is 0 Å². The Kier molecular flexibility index (Phi) is 2.03. The molecule has 0 radical (unpaired) electrons. The summed E-state index contributed by atoms with van der Waals surface area (Å²) in [5.41, 5.74) is 1.44. The van der Waals surface area contributed by atoms with E-state index < -0.39 is 0 Å². The highest BCUT2D eigenvalue weighted by Crippen LogP contribution is 2.37. The zero-order valence-electron chi connectivity index (χ0n) is 7.42. The zero-order chi connectivity index (χ0) is 8.39. The third-order valence-corrected chi connectivity index (χ3v) is 2.67. The van der Waals surface area contributed by atoms with Crippen molar-refractivity contribution in [1.82, 2.24) is 0 Å². The smallest absolute Gasteiger partial charge is 0.119 e. The molecule has 1 aliphatic rings. The van der Waals surface area contributed by atoms with Crippen LogP contribution in [-0.4, -0.2) is 7.11 Å². The van der Waals surface area contributed by atoms with Gasteiger partial charge in [-0.05, 0) is 36.5 Å². The third-order valence-electron chi connectivity index (χ3n) is 2.67. The second-order valence-electron chi connectivity index (χ2n) is 3.40. The van der Waals surface area contributed by atoms with Gasteiger partial charge in [-0.25, -0.2) is 0 Å². The van der Waals surface area contributed by atoms with Crippen molar-refractivity contribution in [2.45, 2.75) is 25.2 Å².